The van der Waals surface area contributed by atoms with Crippen LogP contribution in [0.5, 0.6) is 5.75 Å². The summed E-state index contributed by atoms with van der Waals surface area (Å²) in [6.07, 6.45) is 0.227. The van der Waals surface area contributed by atoms with Crippen molar-refractivity contribution in [2.45, 2.75) is 33.2 Å². The fourth-order valence-corrected chi connectivity index (χ4v) is 3.83. The highest BCUT2D eigenvalue weighted by molar-refractivity contribution is 6.00. The number of ether oxygens (including phenoxy) is 1. The van der Waals surface area contributed by atoms with E-state index in [-0.39, 0.29) is 35.7 Å². The van der Waals surface area contributed by atoms with Gasteiger partial charge in [-0.05, 0) is 55.6 Å². The third-order valence-corrected chi connectivity index (χ3v) is 5.41. The Morgan fingerprint density at radius 1 is 1.31 bits per heavy atom. The van der Waals surface area contributed by atoms with E-state index >= 15 is 0 Å². The summed E-state index contributed by atoms with van der Waals surface area (Å²) in [5.74, 6) is -0.367. The van der Waals surface area contributed by atoms with Crippen LogP contribution >= 0.6 is 0 Å². The molecule has 0 radical (unpaired) electrons. The predicted octanol–water partition coefficient (Wildman–Crippen LogP) is 4.41. The highest BCUT2D eigenvalue weighted by atomic mass is 19.1. The number of nitrogens with zero attached hydrogens (tertiary/aromatic N) is 3. The first-order valence-corrected chi connectivity index (χ1v) is 10.8. The van der Waals surface area contributed by atoms with E-state index in [0.29, 0.717) is 23.3 Å². The third kappa shape index (κ3) is 4.36. The minimum atomic E-state index is -0.639. The Morgan fingerprint density at radius 2 is 2.12 bits per heavy atom. The summed E-state index contributed by atoms with van der Waals surface area (Å²) >= 11 is 0. The van der Waals surface area contributed by atoms with Gasteiger partial charge in [-0.25, -0.2) is 19.2 Å². The summed E-state index contributed by atoms with van der Waals surface area (Å²) in [7, 11) is 0. The minimum Gasteiger partial charge on any atom is -0.507 e. The van der Waals surface area contributed by atoms with E-state index in [1.54, 1.807) is 4.90 Å². The van der Waals surface area contributed by atoms with Gasteiger partial charge in [-0.3, -0.25) is 4.90 Å². The summed E-state index contributed by atoms with van der Waals surface area (Å²) in [4.78, 5) is 23.9. The van der Waals surface area contributed by atoms with Crippen LogP contribution in [0.3, 0.4) is 0 Å². The van der Waals surface area contributed by atoms with Gasteiger partial charge in [0.25, 0.3) is 0 Å². The summed E-state index contributed by atoms with van der Waals surface area (Å²) in [5.41, 5.74) is 1.42. The number of halogens is 1. The maximum Gasteiger partial charge on any atom is 0.415 e. The molecule has 1 atom stereocenters. The normalized spacial score (nSPS) is 16.0. The average molecular weight is 439 g/mol. The van der Waals surface area contributed by atoms with E-state index in [9.17, 15) is 14.3 Å². The van der Waals surface area contributed by atoms with E-state index < -0.39 is 11.9 Å². The van der Waals surface area contributed by atoms with Crippen molar-refractivity contribution in [1.29, 1.82) is 0 Å². The molecule has 2 aromatic carbocycles. The predicted molar refractivity (Wildman–Crippen MR) is 121 cm³/mol. The Kier molecular flexibility index (Phi) is 6.23. The van der Waals surface area contributed by atoms with E-state index in [1.807, 2.05) is 39.0 Å². The molecule has 1 aliphatic rings. The molecule has 4 rings (SSSR count). The van der Waals surface area contributed by atoms with Crippen molar-refractivity contribution in [3.63, 3.8) is 0 Å². The summed E-state index contributed by atoms with van der Waals surface area (Å²) in [6, 6.07) is 9.50. The zero-order chi connectivity index (χ0) is 22.8. The first kappa shape index (κ1) is 22.0. The van der Waals surface area contributed by atoms with E-state index in [2.05, 4.69) is 15.3 Å². The average Bonchev–Trinajstić information content (AvgIpc) is 3.26. The number of hydrogen-bond acceptors (Lipinski definition) is 6. The van der Waals surface area contributed by atoms with E-state index in [1.165, 1.54) is 18.2 Å². The van der Waals surface area contributed by atoms with E-state index in [4.69, 9.17) is 4.74 Å². The highest BCUT2D eigenvalue weighted by Gasteiger charge is 2.32. The van der Waals surface area contributed by atoms with Crippen molar-refractivity contribution in [2.24, 2.45) is 5.92 Å². The van der Waals surface area contributed by atoms with Gasteiger partial charge in [-0.2, -0.15) is 0 Å². The van der Waals surface area contributed by atoms with Crippen LogP contribution in [0.15, 0.2) is 36.4 Å². The van der Waals surface area contributed by atoms with E-state index in [0.717, 1.165) is 18.5 Å². The number of aromatic nitrogens is 2. The largest absolute Gasteiger partial charge is 0.507 e. The van der Waals surface area contributed by atoms with Gasteiger partial charge in [-0.1, -0.05) is 26.0 Å². The number of rotatable bonds is 5. The molecule has 3 aromatic rings. The van der Waals surface area contributed by atoms with Gasteiger partial charge in [0.05, 0.1) is 23.7 Å². The molecule has 1 amide bonds. The SMILES string of the molecule is Cc1ccc2c(N(C(=O)OCC(C)C)C3CCNC3)nc(-c3c(O)cccc3F)nc2c1. The number of hydrogen-bond donors (Lipinski definition) is 2. The molecule has 1 aliphatic heterocycles. The fourth-order valence-electron chi connectivity index (χ4n) is 3.83. The topological polar surface area (TPSA) is 87.6 Å². The molecule has 7 nitrogen and oxygen atoms in total. The summed E-state index contributed by atoms with van der Waals surface area (Å²) < 4.78 is 20.2. The first-order chi connectivity index (χ1) is 15.3. The second kappa shape index (κ2) is 9.08. The monoisotopic (exact) mass is 438 g/mol. The molecular formula is C24H27FN4O3. The molecule has 32 heavy (non-hydrogen) atoms. The number of nitrogens with one attached hydrogen (secondary N) is 1. The lowest BCUT2D eigenvalue weighted by atomic mass is 10.1. The first-order valence-electron chi connectivity index (χ1n) is 10.8. The lowest BCUT2D eigenvalue weighted by Gasteiger charge is -2.28. The molecule has 0 bridgehead atoms. The number of aromatic hydroxyl groups is 1. The number of aryl methyl sites for hydroxylation is 1. The van der Waals surface area contributed by atoms with Crippen LogP contribution in [-0.4, -0.2) is 46.9 Å². The fraction of sp³-hybridized carbons (Fsp3) is 0.375. The lowest BCUT2D eigenvalue weighted by Crippen LogP contribution is -2.43. The van der Waals surface area contributed by atoms with Crippen LogP contribution in [0, 0.1) is 18.7 Å². The van der Waals surface area contributed by atoms with Crippen LogP contribution in [0.4, 0.5) is 15.0 Å². The standard InChI is InChI=1S/C24H27FN4O3/c1-14(2)13-32-24(31)29(16-9-10-26-12-16)23-17-8-7-15(3)11-19(17)27-22(28-23)21-18(25)5-4-6-20(21)30/h4-8,11,14,16,26,30H,9-10,12-13H2,1-3H3. The molecule has 1 fully saturated rings. The Bertz CT molecular complexity index is 1130. The van der Waals surface area contributed by atoms with Gasteiger partial charge < -0.3 is 15.2 Å². The lowest BCUT2D eigenvalue weighted by molar-refractivity contribution is 0.138. The minimum absolute atomic E-state index is 0.0151. The molecule has 8 heteroatoms. The molecule has 1 aromatic heterocycles. The zero-order valence-corrected chi connectivity index (χ0v) is 18.4. The molecule has 0 saturated carbocycles. The Labute approximate surface area is 186 Å². The van der Waals surface area contributed by atoms with Crippen molar-refractivity contribution in [1.82, 2.24) is 15.3 Å². The number of carbonyl (C=O) groups is 1. The van der Waals surface area contributed by atoms with Crippen molar-refractivity contribution in [3.8, 4) is 17.1 Å². The Balaban J connectivity index is 1.92. The van der Waals surface area contributed by atoms with Gasteiger partial charge in [0.1, 0.15) is 17.4 Å². The van der Waals surface area contributed by atoms with Crippen LogP contribution in [0.1, 0.15) is 25.8 Å². The summed E-state index contributed by atoms with van der Waals surface area (Å²) in [6.45, 7) is 7.50. The number of carbonyl (C=O) groups excluding carboxylic acids is 1. The molecule has 0 aliphatic carbocycles. The molecule has 2 heterocycles. The van der Waals surface area contributed by atoms with Crippen LogP contribution in [-0.2, 0) is 4.74 Å². The van der Waals surface area contributed by atoms with Crippen molar-refractivity contribution in [3.05, 3.63) is 47.8 Å². The number of phenolic OH excluding ortho intramolecular Hbond substituents is 1. The van der Waals surface area contributed by atoms with Crippen molar-refractivity contribution in [2.75, 3.05) is 24.6 Å². The van der Waals surface area contributed by atoms with Gasteiger partial charge in [0.2, 0.25) is 0 Å². The molecule has 168 valence electrons. The number of phenols is 1. The van der Waals surface area contributed by atoms with Crippen LogP contribution in [0.2, 0.25) is 0 Å². The number of benzene rings is 2. The Morgan fingerprint density at radius 3 is 2.81 bits per heavy atom. The van der Waals surface area contributed by atoms with Crippen LogP contribution in [0.25, 0.3) is 22.3 Å². The molecule has 1 unspecified atom stereocenters. The number of fused-ring (bicyclic) bond motifs is 1. The maximum atomic E-state index is 14.7. The maximum absolute atomic E-state index is 14.7. The van der Waals surface area contributed by atoms with Gasteiger partial charge in [0.15, 0.2) is 5.82 Å². The van der Waals surface area contributed by atoms with Gasteiger partial charge in [0, 0.05) is 11.9 Å². The van der Waals surface area contributed by atoms with Crippen molar-refractivity contribution >= 4 is 22.8 Å². The van der Waals surface area contributed by atoms with Gasteiger partial charge >= 0.3 is 6.09 Å². The summed E-state index contributed by atoms with van der Waals surface area (Å²) in [5, 5.41) is 14.3. The third-order valence-electron chi connectivity index (χ3n) is 5.41. The molecule has 2 N–H and O–H groups in total. The highest BCUT2D eigenvalue weighted by Crippen LogP contribution is 2.35. The second-order valence-electron chi connectivity index (χ2n) is 8.51. The molecular weight excluding hydrogens is 411 g/mol. The van der Waals surface area contributed by atoms with Crippen LogP contribution < -0.4 is 10.2 Å². The van der Waals surface area contributed by atoms with Gasteiger partial charge in [-0.15, -0.1) is 0 Å². The number of anilines is 1. The molecule has 0 spiro atoms. The quantitative estimate of drug-likeness (QED) is 0.614. The Hall–Kier alpha value is -3.26. The second-order valence-corrected chi connectivity index (χ2v) is 8.51. The molecule has 1 saturated heterocycles. The zero-order valence-electron chi connectivity index (χ0n) is 18.4. The number of amides is 1. The van der Waals surface area contributed by atoms with Crippen molar-refractivity contribution < 1.29 is 19.0 Å². The smallest absolute Gasteiger partial charge is 0.415 e.